The van der Waals surface area contributed by atoms with Crippen LogP contribution in [0.1, 0.15) is 24.6 Å². The van der Waals surface area contributed by atoms with Gasteiger partial charge in [0.2, 0.25) is 0 Å². The zero-order chi connectivity index (χ0) is 21.5. The summed E-state index contributed by atoms with van der Waals surface area (Å²) >= 11 is -1.35. The van der Waals surface area contributed by atoms with Crippen LogP contribution in [0.3, 0.4) is 0 Å². The zero-order valence-electron chi connectivity index (χ0n) is 17.6. The van der Waals surface area contributed by atoms with Crippen LogP contribution in [0.25, 0.3) is 11.0 Å². The Morgan fingerprint density at radius 1 is 1.16 bits per heavy atom. The summed E-state index contributed by atoms with van der Waals surface area (Å²) in [4.78, 5) is 12.0. The highest BCUT2D eigenvalue weighted by atomic mass is 32.2. The van der Waals surface area contributed by atoms with Gasteiger partial charge < -0.3 is 23.5 Å². The average Bonchev–Trinajstić information content (AvgIpc) is 3.25. The lowest BCUT2D eigenvalue weighted by Gasteiger charge is -2.51. The number of benzene rings is 1. The number of aromatic nitrogens is 3. The van der Waals surface area contributed by atoms with Crippen molar-refractivity contribution >= 4 is 22.2 Å². The maximum absolute atomic E-state index is 12.9. The molecule has 2 aromatic heterocycles. The van der Waals surface area contributed by atoms with Gasteiger partial charge in [-0.2, -0.15) is 4.98 Å². The van der Waals surface area contributed by atoms with Gasteiger partial charge in [0, 0.05) is 29.4 Å². The summed E-state index contributed by atoms with van der Waals surface area (Å²) in [6, 6.07) is 9.45. The number of aromatic amines is 1. The molecule has 2 bridgehead atoms. The van der Waals surface area contributed by atoms with E-state index in [2.05, 4.69) is 15.0 Å². The molecule has 1 atom stereocenters. The molecule has 9 heteroatoms. The minimum absolute atomic E-state index is 0.252. The first-order valence-electron chi connectivity index (χ1n) is 10.3. The number of nitrogens with zero attached hydrogens (tertiary/aromatic N) is 2. The standard InChI is InChI=1S/C22H25N3O5S/c1-3-22-28-12-21(13-29-22,14-30-22)11-27-19-8-9-23-18(15(19)2)10-31(26)20-24-16-6-4-5-7-17(16)25-20/h4-9H,3,10-14H2,1-2H3,(H,24,25). The van der Waals surface area contributed by atoms with E-state index in [1.807, 2.05) is 44.2 Å². The molecule has 0 amide bonds. The zero-order valence-corrected chi connectivity index (χ0v) is 18.4. The molecule has 5 heterocycles. The summed E-state index contributed by atoms with van der Waals surface area (Å²) in [7, 11) is 0. The quantitative estimate of drug-likeness (QED) is 0.560. The topological polar surface area (TPSA) is 102 Å². The Balaban J connectivity index is 1.27. The van der Waals surface area contributed by atoms with Crippen LogP contribution in [0, 0.1) is 12.3 Å². The van der Waals surface area contributed by atoms with Crippen molar-refractivity contribution in [2.24, 2.45) is 5.41 Å². The van der Waals surface area contributed by atoms with Crippen LogP contribution in [0.15, 0.2) is 41.7 Å². The highest BCUT2D eigenvalue weighted by Gasteiger charge is 2.52. The number of rotatable bonds is 7. The molecule has 0 radical (unpaired) electrons. The van der Waals surface area contributed by atoms with E-state index in [0.29, 0.717) is 43.8 Å². The second-order valence-corrected chi connectivity index (χ2v) is 9.49. The number of imidazole rings is 1. The summed E-state index contributed by atoms with van der Waals surface area (Å²) in [5.74, 6) is 0.0729. The molecule has 8 nitrogen and oxygen atoms in total. The SMILES string of the molecule is CCC12OCC(COc3ccnc(C[S+]([O-])c4nc5ccccc5[nH]4)c3C)(CO1)CO2. The molecule has 6 rings (SSSR count). The summed E-state index contributed by atoms with van der Waals surface area (Å²) in [5, 5.41) is 0.447. The summed E-state index contributed by atoms with van der Waals surface area (Å²) in [6.07, 6.45) is 2.33. The molecule has 1 N–H and O–H groups in total. The molecule has 31 heavy (non-hydrogen) atoms. The largest absolute Gasteiger partial charge is 0.609 e. The van der Waals surface area contributed by atoms with Crippen LogP contribution in [0.2, 0.25) is 0 Å². The Morgan fingerprint density at radius 2 is 1.90 bits per heavy atom. The van der Waals surface area contributed by atoms with Crippen LogP contribution >= 0.6 is 0 Å². The average molecular weight is 444 g/mol. The lowest BCUT2D eigenvalue weighted by atomic mass is 9.89. The highest BCUT2D eigenvalue weighted by Crippen LogP contribution is 2.40. The molecule has 0 spiro atoms. The first-order chi connectivity index (χ1) is 15.0. The Morgan fingerprint density at radius 3 is 2.61 bits per heavy atom. The van der Waals surface area contributed by atoms with E-state index in [9.17, 15) is 4.55 Å². The van der Waals surface area contributed by atoms with Gasteiger partial charge in [-0.05, 0) is 25.1 Å². The third-order valence-electron chi connectivity index (χ3n) is 5.87. The maximum Gasteiger partial charge on any atom is 0.322 e. The second kappa shape index (κ2) is 8.07. The van der Waals surface area contributed by atoms with Crippen LogP contribution in [-0.4, -0.2) is 51.9 Å². The van der Waals surface area contributed by atoms with Crippen molar-refractivity contribution < 1.29 is 23.5 Å². The Kier molecular flexibility index (Phi) is 5.39. The molecule has 164 valence electrons. The van der Waals surface area contributed by atoms with Crippen molar-refractivity contribution in [3.8, 4) is 5.75 Å². The van der Waals surface area contributed by atoms with Crippen molar-refractivity contribution in [2.75, 3.05) is 26.4 Å². The van der Waals surface area contributed by atoms with Crippen LogP contribution in [-0.2, 0) is 31.1 Å². The van der Waals surface area contributed by atoms with Crippen LogP contribution in [0.5, 0.6) is 5.75 Å². The number of hydrogen-bond donors (Lipinski definition) is 1. The van der Waals surface area contributed by atoms with E-state index in [0.717, 1.165) is 22.3 Å². The van der Waals surface area contributed by atoms with E-state index in [4.69, 9.17) is 18.9 Å². The molecule has 1 aromatic carbocycles. The van der Waals surface area contributed by atoms with E-state index in [1.54, 1.807) is 6.20 Å². The lowest BCUT2D eigenvalue weighted by molar-refractivity contribution is -0.470. The molecular weight excluding hydrogens is 418 g/mol. The molecule has 3 aliphatic rings. The van der Waals surface area contributed by atoms with E-state index in [-0.39, 0.29) is 11.2 Å². The molecular formula is C22H25N3O5S. The van der Waals surface area contributed by atoms with E-state index >= 15 is 0 Å². The van der Waals surface area contributed by atoms with Gasteiger partial charge in [0.05, 0.1) is 42.0 Å². The van der Waals surface area contributed by atoms with Crippen LogP contribution in [0.4, 0.5) is 0 Å². The summed E-state index contributed by atoms with van der Waals surface area (Å²) in [5.41, 5.74) is 2.91. The fourth-order valence-corrected chi connectivity index (χ4v) is 4.89. The third-order valence-corrected chi connectivity index (χ3v) is 7.03. The number of hydrogen-bond acceptors (Lipinski definition) is 7. The molecule has 3 aromatic rings. The Labute approximate surface area is 183 Å². The van der Waals surface area contributed by atoms with Gasteiger partial charge in [-0.25, -0.2) is 0 Å². The fraction of sp³-hybridized carbons (Fsp3) is 0.455. The molecule has 3 fully saturated rings. The first kappa shape index (κ1) is 20.7. The summed E-state index contributed by atoms with van der Waals surface area (Å²) < 4.78 is 36.4. The van der Waals surface area contributed by atoms with Gasteiger partial charge in [0.1, 0.15) is 12.4 Å². The minimum atomic E-state index is -1.35. The van der Waals surface area contributed by atoms with Gasteiger partial charge in [0.15, 0.2) is 5.75 Å². The number of ether oxygens (including phenoxy) is 4. The smallest absolute Gasteiger partial charge is 0.322 e. The first-order valence-corrected chi connectivity index (χ1v) is 11.7. The van der Waals surface area contributed by atoms with Gasteiger partial charge in [-0.3, -0.25) is 9.97 Å². The monoisotopic (exact) mass is 443 g/mol. The molecule has 3 aliphatic heterocycles. The maximum atomic E-state index is 12.9. The Hall–Kier alpha value is -2.17. The Bertz CT molecular complexity index is 1030. The molecule has 3 saturated heterocycles. The normalized spacial score (nSPS) is 26.3. The van der Waals surface area contributed by atoms with Crippen LogP contribution < -0.4 is 4.74 Å². The van der Waals surface area contributed by atoms with Gasteiger partial charge in [0.25, 0.3) is 5.97 Å². The number of para-hydroxylation sites is 2. The summed E-state index contributed by atoms with van der Waals surface area (Å²) in [6.45, 7) is 5.92. The molecule has 0 saturated carbocycles. The predicted molar refractivity (Wildman–Crippen MR) is 114 cm³/mol. The fourth-order valence-electron chi connectivity index (χ4n) is 3.79. The van der Waals surface area contributed by atoms with Gasteiger partial charge >= 0.3 is 5.16 Å². The molecule has 0 aliphatic carbocycles. The van der Waals surface area contributed by atoms with Crippen molar-refractivity contribution in [3.63, 3.8) is 0 Å². The van der Waals surface area contributed by atoms with Crippen molar-refractivity contribution in [1.82, 2.24) is 15.0 Å². The van der Waals surface area contributed by atoms with E-state index < -0.39 is 17.1 Å². The van der Waals surface area contributed by atoms with Crippen molar-refractivity contribution in [1.29, 1.82) is 0 Å². The number of nitrogens with one attached hydrogen (secondary N) is 1. The lowest BCUT2D eigenvalue weighted by Crippen LogP contribution is -2.61. The third kappa shape index (κ3) is 3.92. The van der Waals surface area contributed by atoms with Crippen molar-refractivity contribution in [2.45, 2.75) is 37.2 Å². The van der Waals surface area contributed by atoms with Gasteiger partial charge in [-0.15, -0.1) is 0 Å². The van der Waals surface area contributed by atoms with Gasteiger partial charge in [-0.1, -0.05) is 19.1 Å². The number of H-pyrrole nitrogens is 1. The van der Waals surface area contributed by atoms with E-state index in [1.165, 1.54) is 0 Å². The number of pyridine rings is 1. The minimum Gasteiger partial charge on any atom is -0.609 e. The number of fused-ring (bicyclic) bond motifs is 4. The highest BCUT2D eigenvalue weighted by molar-refractivity contribution is 7.90. The molecule has 1 unspecified atom stereocenters. The second-order valence-electron chi connectivity index (χ2n) is 8.12. The predicted octanol–water partition coefficient (Wildman–Crippen LogP) is 3.08. The van der Waals surface area contributed by atoms with Crippen molar-refractivity contribution in [3.05, 3.63) is 47.8 Å².